The van der Waals surface area contributed by atoms with Gasteiger partial charge in [-0.2, -0.15) is 4.31 Å². The van der Waals surface area contributed by atoms with Gasteiger partial charge in [-0.3, -0.25) is 14.4 Å². The first-order chi connectivity index (χ1) is 14.8. The number of hydrogen-bond acceptors (Lipinski definition) is 5. The van der Waals surface area contributed by atoms with E-state index in [2.05, 4.69) is 15.9 Å². The number of hydrogen-bond donors (Lipinski definition) is 0. The summed E-state index contributed by atoms with van der Waals surface area (Å²) in [7, 11) is -4.27. The lowest BCUT2D eigenvalue weighted by atomic mass is 9.95. The van der Waals surface area contributed by atoms with Crippen molar-refractivity contribution >= 4 is 43.3 Å². The van der Waals surface area contributed by atoms with E-state index in [0.29, 0.717) is 0 Å². The highest BCUT2D eigenvalue weighted by Gasteiger charge is 2.48. The van der Waals surface area contributed by atoms with E-state index in [1.807, 2.05) is 0 Å². The van der Waals surface area contributed by atoms with Crippen LogP contribution in [-0.4, -0.2) is 42.7 Å². The molecule has 8 heteroatoms. The van der Waals surface area contributed by atoms with Gasteiger partial charge in [0.1, 0.15) is 0 Å². The summed E-state index contributed by atoms with van der Waals surface area (Å²) < 4.78 is 28.2. The summed E-state index contributed by atoms with van der Waals surface area (Å²) in [5, 5.41) is 0. The van der Waals surface area contributed by atoms with Crippen molar-refractivity contribution in [1.29, 1.82) is 0 Å². The fraction of sp³-hybridized carbons (Fsp3) is 0.0870. The van der Waals surface area contributed by atoms with E-state index in [1.165, 1.54) is 30.3 Å². The molecule has 0 radical (unpaired) electrons. The molecular formula is C23H16BrNO5S. The number of ketones is 3. The van der Waals surface area contributed by atoms with Crippen LogP contribution in [0.25, 0.3) is 0 Å². The highest BCUT2D eigenvalue weighted by Crippen LogP contribution is 2.32. The van der Waals surface area contributed by atoms with Gasteiger partial charge < -0.3 is 0 Å². The number of Topliss-reactive ketones (excluding diaryl/α,β-unsaturated/α-hetero) is 3. The minimum atomic E-state index is -4.27. The normalized spacial score (nSPS) is 17.7. The molecule has 0 N–H and O–H groups in total. The zero-order valence-corrected chi connectivity index (χ0v) is 18.5. The van der Waals surface area contributed by atoms with Crippen LogP contribution in [0.4, 0.5) is 0 Å². The summed E-state index contributed by atoms with van der Waals surface area (Å²) in [4.78, 5) is 39.2. The second kappa shape index (κ2) is 8.30. The molecule has 3 aromatic rings. The van der Waals surface area contributed by atoms with Crippen molar-refractivity contribution in [3.63, 3.8) is 0 Å². The Morgan fingerprint density at radius 3 is 2.13 bits per heavy atom. The first-order valence-electron chi connectivity index (χ1n) is 9.34. The van der Waals surface area contributed by atoms with Gasteiger partial charge in [-0.25, -0.2) is 8.42 Å². The Balaban J connectivity index is 1.82. The third-order valence-corrected chi connectivity index (χ3v) is 7.45. The number of halogens is 1. The van der Waals surface area contributed by atoms with Gasteiger partial charge in [-0.15, -0.1) is 0 Å². The van der Waals surface area contributed by atoms with Gasteiger partial charge in [-0.05, 0) is 24.3 Å². The Morgan fingerprint density at radius 2 is 1.45 bits per heavy atom. The van der Waals surface area contributed by atoms with Crippen LogP contribution < -0.4 is 0 Å². The maximum absolute atomic E-state index is 13.4. The van der Waals surface area contributed by atoms with Crippen molar-refractivity contribution < 1.29 is 22.8 Å². The van der Waals surface area contributed by atoms with Crippen LogP contribution in [0.5, 0.6) is 0 Å². The standard InChI is InChI=1S/C23H16BrNO5S/c24-17-12-10-15(11-13-17)19(26)14-25-21(22(27)16-6-2-1-3-7-16)23(28)18-8-4-5-9-20(18)31(25,29)30/h1-13,21H,14H2/t21-/m1/s1. The highest BCUT2D eigenvalue weighted by molar-refractivity contribution is 9.10. The number of benzene rings is 3. The van der Waals surface area contributed by atoms with E-state index < -0.39 is 40.0 Å². The van der Waals surface area contributed by atoms with Crippen molar-refractivity contribution in [3.05, 3.63) is 100 Å². The second-order valence-electron chi connectivity index (χ2n) is 6.97. The second-order valence-corrected chi connectivity index (χ2v) is 9.75. The SMILES string of the molecule is O=C(CN1[C@H](C(=O)c2ccccc2)C(=O)c2ccccc2S1(=O)=O)c1ccc(Br)cc1. The van der Waals surface area contributed by atoms with Crippen LogP contribution in [0.2, 0.25) is 0 Å². The van der Waals surface area contributed by atoms with E-state index in [0.717, 1.165) is 8.78 Å². The monoisotopic (exact) mass is 497 g/mol. The molecule has 0 saturated carbocycles. The van der Waals surface area contributed by atoms with Crippen LogP contribution in [-0.2, 0) is 10.0 Å². The van der Waals surface area contributed by atoms with E-state index >= 15 is 0 Å². The molecule has 0 aromatic heterocycles. The maximum Gasteiger partial charge on any atom is 0.245 e. The average Bonchev–Trinajstić information content (AvgIpc) is 2.78. The predicted octanol–water partition coefficient (Wildman–Crippen LogP) is 3.77. The van der Waals surface area contributed by atoms with Crippen molar-refractivity contribution in [3.8, 4) is 0 Å². The van der Waals surface area contributed by atoms with Crippen molar-refractivity contribution in [2.75, 3.05) is 6.54 Å². The topological polar surface area (TPSA) is 88.6 Å². The number of sulfonamides is 1. The molecule has 0 fully saturated rings. The lowest BCUT2D eigenvalue weighted by Gasteiger charge is -2.33. The Kier molecular flexibility index (Phi) is 5.70. The number of carbonyl (C=O) groups is 3. The Morgan fingerprint density at radius 1 is 0.839 bits per heavy atom. The Bertz CT molecular complexity index is 1290. The lowest BCUT2D eigenvalue weighted by Crippen LogP contribution is -2.54. The van der Waals surface area contributed by atoms with Crippen LogP contribution in [0.15, 0.2) is 88.2 Å². The summed E-state index contributed by atoms with van der Waals surface area (Å²) in [5.41, 5.74) is 0.413. The minimum absolute atomic E-state index is 0.0517. The molecule has 1 aliphatic heterocycles. The van der Waals surface area contributed by atoms with Gasteiger partial charge >= 0.3 is 0 Å². The number of rotatable bonds is 5. The minimum Gasteiger partial charge on any atom is -0.293 e. The van der Waals surface area contributed by atoms with Gasteiger partial charge in [0.05, 0.1) is 11.4 Å². The highest BCUT2D eigenvalue weighted by atomic mass is 79.9. The zero-order valence-electron chi connectivity index (χ0n) is 16.1. The van der Waals surface area contributed by atoms with Gasteiger partial charge in [0.2, 0.25) is 10.0 Å². The smallest absolute Gasteiger partial charge is 0.245 e. The number of nitrogens with zero attached hydrogens (tertiary/aromatic N) is 1. The summed E-state index contributed by atoms with van der Waals surface area (Å²) in [6.07, 6.45) is 0. The molecule has 3 aromatic carbocycles. The maximum atomic E-state index is 13.4. The summed E-state index contributed by atoms with van der Waals surface area (Å²) >= 11 is 3.28. The van der Waals surface area contributed by atoms with Gasteiger partial charge in [0.25, 0.3) is 0 Å². The molecule has 0 bridgehead atoms. The molecule has 1 atom stereocenters. The first-order valence-corrected chi connectivity index (χ1v) is 11.6. The van der Waals surface area contributed by atoms with E-state index in [9.17, 15) is 22.8 Å². The van der Waals surface area contributed by atoms with E-state index in [1.54, 1.807) is 48.5 Å². The fourth-order valence-corrected chi connectivity index (χ4v) is 5.46. The van der Waals surface area contributed by atoms with Crippen LogP contribution >= 0.6 is 15.9 Å². The quantitative estimate of drug-likeness (QED) is 0.395. The molecule has 156 valence electrons. The average molecular weight is 498 g/mol. The predicted molar refractivity (Wildman–Crippen MR) is 118 cm³/mol. The van der Waals surface area contributed by atoms with Crippen LogP contribution in [0, 0.1) is 0 Å². The molecule has 31 heavy (non-hydrogen) atoms. The zero-order chi connectivity index (χ0) is 22.2. The third-order valence-electron chi connectivity index (χ3n) is 5.05. The summed E-state index contributed by atoms with van der Waals surface area (Å²) in [6, 6.07) is 18.5. The molecule has 0 amide bonds. The summed E-state index contributed by atoms with van der Waals surface area (Å²) in [6.45, 7) is -0.632. The number of fused-ring (bicyclic) bond motifs is 1. The van der Waals surface area contributed by atoms with Gasteiger partial charge in [-0.1, -0.05) is 70.5 Å². The molecule has 0 spiro atoms. The van der Waals surface area contributed by atoms with Crippen molar-refractivity contribution in [2.24, 2.45) is 0 Å². The fourth-order valence-electron chi connectivity index (χ4n) is 3.49. The largest absolute Gasteiger partial charge is 0.293 e. The third kappa shape index (κ3) is 3.89. The van der Waals surface area contributed by atoms with Crippen molar-refractivity contribution in [1.82, 2.24) is 4.31 Å². The first kappa shape index (κ1) is 21.3. The molecular weight excluding hydrogens is 482 g/mol. The lowest BCUT2D eigenvalue weighted by molar-refractivity contribution is 0.0754. The van der Waals surface area contributed by atoms with Crippen LogP contribution in [0.1, 0.15) is 31.1 Å². The van der Waals surface area contributed by atoms with Gasteiger partial charge in [0.15, 0.2) is 23.4 Å². The Hall–Kier alpha value is -2.94. The van der Waals surface area contributed by atoms with E-state index in [4.69, 9.17) is 0 Å². The molecule has 1 heterocycles. The molecule has 1 aliphatic rings. The molecule has 4 rings (SSSR count). The van der Waals surface area contributed by atoms with Gasteiger partial charge in [0, 0.05) is 21.2 Å². The summed E-state index contributed by atoms with van der Waals surface area (Å²) in [5.74, 6) is -1.84. The molecule has 0 saturated heterocycles. The molecule has 0 unspecified atom stereocenters. The molecule has 6 nitrogen and oxygen atoms in total. The number of carbonyl (C=O) groups excluding carboxylic acids is 3. The van der Waals surface area contributed by atoms with Crippen LogP contribution in [0.3, 0.4) is 0 Å². The molecule has 0 aliphatic carbocycles. The van der Waals surface area contributed by atoms with E-state index in [-0.39, 0.29) is 21.6 Å². The van der Waals surface area contributed by atoms with Crippen molar-refractivity contribution in [2.45, 2.75) is 10.9 Å². The Labute approximate surface area is 187 Å².